The van der Waals surface area contributed by atoms with E-state index in [9.17, 15) is 19.7 Å². The van der Waals surface area contributed by atoms with E-state index >= 15 is 0 Å². The number of nitrogens with zero attached hydrogens (tertiary/aromatic N) is 3. The normalized spacial score (nSPS) is 12.6. The summed E-state index contributed by atoms with van der Waals surface area (Å²) < 4.78 is 1.17. The number of nitrogens with one attached hydrogen (secondary N) is 2. The average molecular weight is 301 g/mol. The van der Waals surface area contributed by atoms with E-state index in [-0.39, 0.29) is 18.3 Å². The van der Waals surface area contributed by atoms with Gasteiger partial charge in [0.2, 0.25) is 5.91 Å². The van der Waals surface area contributed by atoms with Crippen molar-refractivity contribution >= 4 is 23.3 Å². The Balaban J connectivity index is 1.68. The number of hydrogen-bond acceptors (Lipinski definition) is 5. The van der Waals surface area contributed by atoms with Gasteiger partial charge in [-0.3, -0.25) is 9.59 Å². The molecule has 3 rings (SSSR count). The van der Waals surface area contributed by atoms with Crippen LogP contribution in [0.25, 0.3) is 0 Å². The zero-order valence-electron chi connectivity index (χ0n) is 11.3. The van der Waals surface area contributed by atoms with E-state index in [2.05, 4.69) is 15.7 Å². The first-order valence-corrected chi connectivity index (χ1v) is 6.42. The van der Waals surface area contributed by atoms with Crippen LogP contribution in [0.5, 0.6) is 0 Å². The molecule has 1 aliphatic rings. The molecule has 0 saturated carbocycles. The van der Waals surface area contributed by atoms with Crippen molar-refractivity contribution in [1.29, 1.82) is 0 Å². The van der Waals surface area contributed by atoms with Gasteiger partial charge in [-0.2, -0.15) is 4.68 Å². The van der Waals surface area contributed by atoms with Gasteiger partial charge < -0.3 is 20.7 Å². The lowest BCUT2D eigenvalue weighted by Gasteiger charge is -2.05. The number of rotatable bonds is 4. The van der Waals surface area contributed by atoms with Crippen LogP contribution in [-0.2, 0) is 17.9 Å². The Kier molecular flexibility index (Phi) is 3.30. The molecular formula is C13H11N5O4. The molecule has 0 bridgehead atoms. The number of aromatic nitrogens is 2. The summed E-state index contributed by atoms with van der Waals surface area (Å²) in [5.41, 5.74) is 1.90. The molecule has 2 heterocycles. The van der Waals surface area contributed by atoms with Gasteiger partial charge in [0.05, 0.1) is 17.4 Å². The molecule has 0 spiro atoms. The van der Waals surface area contributed by atoms with Gasteiger partial charge >= 0.3 is 5.82 Å². The fourth-order valence-electron chi connectivity index (χ4n) is 2.17. The Morgan fingerprint density at radius 1 is 1.45 bits per heavy atom. The van der Waals surface area contributed by atoms with Gasteiger partial charge in [-0.1, -0.05) is 6.07 Å². The molecule has 112 valence electrons. The molecule has 2 amide bonds. The van der Waals surface area contributed by atoms with Crippen LogP contribution in [0.1, 0.15) is 15.9 Å². The fraction of sp³-hybridized carbons (Fsp3) is 0.154. The SMILES string of the molecule is O=C(Cn1ccc([N+](=O)[O-])n1)Nc1ccc2c(c1)C(=O)NC2. The minimum atomic E-state index is -0.631. The maximum Gasteiger partial charge on any atom is 0.389 e. The van der Waals surface area contributed by atoms with Crippen LogP contribution in [-0.4, -0.2) is 26.5 Å². The molecule has 1 aromatic carbocycles. The second-order valence-electron chi connectivity index (χ2n) is 4.73. The predicted octanol–water partition coefficient (Wildman–Crippen LogP) is 0.673. The summed E-state index contributed by atoms with van der Waals surface area (Å²) in [5, 5.41) is 19.5. The Hall–Kier alpha value is -3.23. The van der Waals surface area contributed by atoms with Crippen molar-refractivity contribution in [2.45, 2.75) is 13.1 Å². The standard InChI is InChI=1S/C13H11N5O4/c19-12(7-17-4-3-11(16-17)18(21)22)15-9-2-1-8-6-14-13(20)10(8)5-9/h1-5H,6-7H2,(H,14,20)(H,15,19). The monoisotopic (exact) mass is 301 g/mol. The van der Waals surface area contributed by atoms with Crippen LogP contribution in [0.15, 0.2) is 30.5 Å². The van der Waals surface area contributed by atoms with Gasteiger partial charge in [0.25, 0.3) is 5.91 Å². The van der Waals surface area contributed by atoms with Crippen molar-refractivity contribution in [3.05, 3.63) is 51.7 Å². The van der Waals surface area contributed by atoms with Gasteiger partial charge in [0.15, 0.2) is 0 Å². The van der Waals surface area contributed by atoms with Crippen LogP contribution < -0.4 is 10.6 Å². The summed E-state index contributed by atoms with van der Waals surface area (Å²) >= 11 is 0. The van der Waals surface area contributed by atoms with Gasteiger partial charge in [-0.15, -0.1) is 0 Å². The molecule has 0 unspecified atom stereocenters. The van der Waals surface area contributed by atoms with E-state index < -0.39 is 10.8 Å². The number of nitro groups is 1. The molecule has 9 nitrogen and oxygen atoms in total. The number of amides is 2. The Labute approximate surface area is 124 Å². The van der Waals surface area contributed by atoms with Crippen molar-refractivity contribution in [1.82, 2.24) is 15.1 Å². The van der Waals surface area contributed by atoms with Crippen molar-refractivity contribution in [3.8, 4) is 0 Å². The van der Waals surface area contributed by atoms with Crippen LogP contribution >= 0.6 is 0 Å². The molecule has 0 aliphatic carbocycles. The maximum atomic E-state index is 11.9. The maximum absolute atomic E-state index is 11.9. The van der Waals surface area contributed by atoms with E-state index in [1.165, 1.54) is 16.9 Å². The molecule has 22 heavy (non-hydrogen) atoms. The zero-order valence-corrected chi connectivity index (χ0v) is 11.3. The fourth-order valence-corrected chi connectivity index (χ4v) is 2.17. The molecule has 9 heteroatoms. The lowest BCUT2D eigenvalue weighted by Crippen LogP contribution is -2.19. The van der Waals surface area contributed by atoms with Gasteiger partial charge in [0.1, 0.15) is 6.54 Å². The molecular weight excluding hydrogens is 290 g/mol. The van der Waals surface area contributed by atoms with E-state index in [4.69, 9.17) is 0 Å². The van der Waals surface area contributed by atoms with Crippen molar-refractivity contribution in [3.63, 3.8) is 0 Å². The van der Waals surface area contributed by atoms with Gasteiger partial charge in [0, 0.05) is 17.8 Å². The van der Waals surface area contributed by atoms with Crippen LogP contribution in [0.4, 0.5) is 11.5 Å². The molecule has 0 fully saturated rings. The number of carbonyl (C=O) groups excluding carboxylic acids is 2. The largest absolute Gasteiger partial charge is 0.389 e. The number of fused-ring (bicyclic) bond motifs is 1. The molecule has 2 aromatic rings. The lowest BCUT2D eigenvalue weighted by atomic mass is 10.1. The lowest BCUT2D eigenvalue weighted by molar-refractivity contribution is -0.389. The summed E-state index contributed by atoms with van der Waals surface area (Å²) in [6, 6.07) is 6.28. The van der Waals surface area contributed by atoms with E-state index in [0.29, 0.717) is 17.8 Å². The third-order valence-corrected chi connectivity index (χ3v) is 3.20. The topological polar surface area (TPSA) is 119 Å². The Morgan fingerprint density at radius 2 is 2.27 bits per heavy atom. The first-order valence-electron chi connectivity index (χ1n) is 6.42. The Morgan fingerprint density at radius 3 is 3.00 bits per heavy atom. The minimum absolute atomic E-state index is 0.156. The quantitative estimate of drug-likeness (QED) is 0.635. The number of anilines is 1. The predicted molar refractivity (Wildman–Crippen MR) is 75.1 cm³/mol. The zero-order chi connectivity index (χ0) is 15.7. The smallest absolute Gasteiger partial charge is 0.358 e. The molecule has 0 radical (unpaired) electrons. The molecule has 2 N–H and O–H groups in total. The summed E-state index contributed by atoms with van der Waals surface area (Å²) in [6.07, 6.45) is 1.36. The van der Waals surface area contributed by atoms with Gasteiger partial charge in [-0.25, -0.2) is 0 Å². The molecule has 1 aliphatic heterocycles. The summed E-state index contributed by atoms with van der Waals surface area (Å²) in [5.74, 6) is -0.882. The van der Waals surface area contributed by atoms with Crippen LogP contribution in [0.3, 0.4) is 0 Å². The average Bonchev–Trinajstić information content (AvgIpc) is 3.07. The highest BCUT2D eigenvalue weighted by atomic mass is 16.6. The molecule has 1 aromatic heterocycles. The number of hydrogen-bond donors (Lipinski definition) is 2. The van der Waals surface area contributed by atoms with Crippen LogP contribution in [0.2, 0.25) is 0 Å². The highest BCUT2D eigenvalue weighted by Gasteiger charge is 2.19. The number of benzene rings is 1. The highest BCUT2D eigenvalue weighted by molar-refractivity contribution is 6.00. The van der Waals surface area contributed by atoms with Crippen molar-refractivity contribution < 1.29 is 14.5 Å². The van der Waals surface area contributed by atoms with E-state index in [1.54, 1.807) is 18.2 Å². The molecule has 0 atom stereocenters. The summed E-state index contributed by atoms with van der Waals surface area (Å²) in [6.45, 7) is 0.330. The van der Waals surface area contributed by atoms with E-state index in [0.717, 1.165) is 5.56 Å². The van der Waals surface area contributed by atoms with Crippen molar-refractivity contribution in [2.75, 3.05) is 5.32 Å². The second kappa shape index (κ2) is 5.28. The summed E-state index contributed by atoms with van der Waals surface area (Å²) in [7, 11) is 0. The molecule has 0 saturated heterocycles. The third-order valence-electron chi connectivity index (χ3n) is 3.20. The third kappa shape index (κ3) is 2.64. The van der Waals surface area contributed by atoms with Crippen molar-refractivity contribution in [2.24, 2.45) is 0 Å². The van der Waals surface area contributed by atoms with Crippen LogP contribution in [0, 0.1) is 10.1 Å². The highest BCUT2D eigenvalue weighted by Crippen LogP contribution is 2.20. The number of carbonyl (C=O) groups is 2. The van der Waals surface area contributed by atoms with E-state index in [1.807, 2.05) is 0 Å². The first-order chi connectivity index (χ1) is 10.5. The summed E-state index contributed by atoms with van der Waals surface area (Å²) in [4.78, 5) is 33.3. The first kappa shape index (κ1) is 13.7. The Bertz CT molecular complexity index is 782. The second-order valence-corrected chi connectivity index (χ2v) is 4.73. The van der Waals surface area contributed by atoms with Gasteiger partial charge in [-0.05, 0) is 22.6 Å². The minimum Gasteiger partial charge on any atom is -0.358 e.